The number of hydrogen-bond donors (Lipinski definition) is 7. The summed E-state index contributed by atoms with van der Waals surface area (Å²) in [4.78, 5) is 47.7. The number of amides is 2. The number of H-pyrrole nitrogens is 1. The first-order chi connectivity index (χ1) is 18.2. The minimum absolute atomic E-state index is 0.0604. The number of aromatic nitrogens is 3. The summed E-state index contributed by atoms with van der Waals surface area (Å²) in [6, 6.07) is 11.5. The molecule has 0 spiro atoms. The summed E-state index contributed by atoms with van der Waals surface area (Å²) < 4.78 is 0. The molecule has 0 saturated heterocycles. The van der Waals surface area contributed by atoms with Crippen LogP contribution in [0.4, 0.5) is 17.5 Å². The van der Waals surface area contributed by atoms with Crippen LogP contribution in [0, 0.1) is 0 Å². The van der Waals surface area contributed by atoms with E-state index in [0.29, 0.717) is 35.6 Å². The highest BCUT2D eigenvalue weighted by Crippen LogP contribution is 2.24. The van der Waals surface area contributed by atoms with Crippen LogP contribution in [0.1, 0.15) is 34.3 Å². The fourth-order valence-electron chi connectivity index (χ4n) is 3.99. The summed E-state index contributed by atoms with van der Waals surface area (Å²) in [6.07, 6.45) is 2.91. The van der Waals surface area contributed by atoms with Gasteiger partial charge in [-0.1, -0.05) is 12.1 Å². The Morgan fingerprint density at radius 1 is 0.974 bits per heavy atom. The lowest BCUT2D eigenvalue weighted by molar-refractivity contribution is -0.139. The fourth-order valence-corrected chi connectivity index (χ4v) is 3.99. The molecule has 0 aliphatic carbocycles. The van der Waals surface area contributed by atoms with E-state index in [9.17, 15) is 24.6 Å². The highest BCUT2D eigenvalue weighted by atomic mass is 16.4. The molecule has 0 saturated carbocycles. The zero-order valence-corrected chi connectivity index (χ0v) is 20.3. The van der Waals surface area contributed by atoms with Gasteiger partial charge in [0.2, 0.25) is 11.9 Å². The van der Waals surface area contributed by atoms with E-state index in [-0.39, 0.29) is 24.5 Å². The van der Waals surface area contributed by atoms with E-state index in [1.165, 1.54) is 24.3 Å². The quantitative estimate of drug-likeness (QED) is 0.154. The Kier molecular flexibility index (Phi) is 7.71. The van der Waals surface area contributed by atoms with Crippen molar-refractivity contribution >= 4 is 46.3 Å². The number of phenols is 1. The van der Waals surface area contributed by atoms with Crippen molar-refractivity contribution in [3.8, 4) is 5.75 Å². The molecule has 12 nitrogen and oxygen atoms in total. The molecular weight excluding hydrogens is 490 g/mol. The smallest absolute Gasteiger partial charge is 0.326 e. The Balaban J connectivity index is 1.31. The maximum absolute atomic E-state index is 12.7. The molecule has 2 aromatic carbocycles. The summed E-state index contributed by atoms with van der Waals surface area (Å²) in [7, 11) is 0. The van der Waals surface area contributed by atoms with Crippen LogP contribution in [-0.2, 0) is 22.4 Å². The molecule has 0 fully saturated rings. The van der Waals surface area contributed by atoms with Crippen molar-refractivity contribution in [1.29, 1.82) is 0 Å². The maximum atomic E-state index is 12.7. The Bertz CT molecular complexity index is 1470. The second-order valence-electron chi connectivity index (χ2n) is 8.70. The van der Waals surface area contributed by atoms with E-state index in [0.717, 1.165) is 16.5 Å². The van der Waals surface area contributed by atoms with Crippen LogP contribution in [0.2, 0.25) is 0 Å². The molecule has 2 aromatic heterocycles. The Morgan fingerprint density at radius 3 is 2.37 bits per heavy atom. The highest BCUT2D eigenvalue weighted by molar-refractivity contribution is 5.97. The Hall–Kier alpha value is -5.13. The molecule has 0 unspecified atom stereocenters. The van der Waals surface area contributed by atoms with Crippen LogP contribution in [0.25, 0.3) is 11.0 Å². The van der Waals surface area contributed by atoms with E-state index < -0.39 is 23.8 Å². The summed E-state index contributed by atoms with van der Waals surface area (Å²) in [5.41, 5.74) is 14.9. The van der Waals surface area contributed by atoms with Crippen molar-refractivity contribution in [2.75, 3.05) is 16.8 Å². The van der Waals surface area contributed by atoms with Crippen molar-refractivity contribution < 1.29 is 24.6 Å². The molecule has 0 aliphatic heterocycles. The standard InChI is InChI=1S/C26H27N7O5/c27-22-21-16(13-29-23(21)33-26(28)32-22)6-3-14-1-4-15(5-2-14)24(36)31-19(25(37)38)11-12-20(35)30-17-7-9-18(34)10-8-17/h1-2,4-5,7-10,13,19,34H,3,6,11-12H2,(H,30,35)(H,31,36)(H,37,38)(H5,27,28,29,32,33)/t19-/m0/s1. The number of carbonyl (C=O) groups excluding carboxylic acids is 2. The van der Waals surface area contributed by atoms with E-state index in [1.54, 1.807) is 24.3 Å². The van der Waals surface area contributed by atoms with Crippen molar-refractivity contribution in [1.82, 2.24) is 20.3 Å². The predicted molar refractivity (Wildman–Crippen MR) is 141 cm³/mol. The third-order valence-electron chi connectivity index (χ3n) is 5.97. The van der Waals surface area contributed by atoms with E-state index >= 15 is 0 Å². The number of anilines is 3. The van der Waals surface area contributed by atoms with Gasteiger partial charge in [-0.15, -0.1) is 0 Å². The molecule has 38 heavy (non-hydrogen) atoms. The third kappa shape index (κ3) is 6.35. The van der Waals surface area contributed by atoms with Crippen molar-refractivity contribution in [3.63, 3.8) is 0 Å². The molecule has 196 valence electrons. The van der Waals surface area contributed by atoms with Gasteiger partial charge in [-0.05, 0) is 66.8 Å². The van der Waals surface area contributed by atoms with Gasteiger partial charge in [-0.2, -0.15) is 9.97 Å². The number of carbonyl (C=O) groups is 3. The van der Waals surface area contributed by atoms with Gasteiger partial charge in [0.1, 0.15) is 23.3 Å². The minimum Gasteiger partial charge on any atom is -0.508 e. The normalized spacial score (nSPS) is 11.7. The average molecular weight is 518 g/mol. The average Bonchev–Trinajstić information content (AvgIpc) is 3.29. The number of aromatic hydroxyl groups is 1. The van der Waals surface area contributed by atoms with Crippen LogP contribution in [0.3, 0.4) is 0 Å². The minimum atomic E-state index is -1.24. The van der Waals surface area contributed by atoms with Gasteiger partial charge in [0.25, 0.3) is 5.91 Å². The van der Waals surface area contributed by atoms with Gasteiger partial charge in [0.05, 0.1) is 5.39 Å². The van der Waals surface area contributed by atoms with Crippen LogP contribution < -0.4 is 22.1 Å². The monoisotopic (exact) mass is 517 g/mol. The molecule has 12 heteroatoms. The maximum Gasteiger partial charge on any atom is 0.326 e. The van der Waals surface area contributed by atoms with Gasteiger partial charge in [0.15, 0.2) is 0 Å². The number of nitrogen functional groups attached to an aromatic ring is 2. The summed E-state index contributed by atoms with van der Waals surface area (Å²) >= 11 is 0. The number of rotatable bonds is 10. The number of carboxylic acids is 1. The number of phenolic OH excluding ortho intramolecular Hbond substituents is 1. The fraction of sp³-hybridized carbons (Fsp3) is 0.192. The number of benzene rings is 2. The number of aliphatic carboxylic acids is 1. The predicted octanol–water partition coefficient (Wildman–Crippen LogP) is 2.21. The number of nitrogens with zero attached hydrogens (tertiary/aromatic N) is 2. The lowest BCUT2D eigenvalue weighted by Crippen LogP contribution is -2.41. The number of carboxylic acid groups (broad SMARTS) is 1. The topological polar surface area (TPSA) is 209 Å². The number of fused-ring (bicyclic) bond motifs is 1. The van der Waals surface area contributed by atoms with Crippen molar-refractivity contribution in [2.45, 2.75) is 31.7 Å². The second-order valence-corrected chi connectivity index (χ2v) is 8.70. The highest BCUT2D eigenvalue weighted by Gasteiger charge is 2.22. The SMILES string of the molecule is Nc1nc(N)c2c(CCc3ccc(C(=O)N[C@@H](CCC(=O)Nc4ccc(O)cc4)C(=O)O)cc3)c[nH]c2n1. The third-order valence-corrected chi connectivity index (χ3v) is 5.97. The molecule has 2 amide bonds. The molecule has 0 aliphatic rings. The number of aryl methyl sites for hydroxylation is 2. The largest absolute Gasteiger partial charge is 0.508 e. The lowest BCUT2D eigenvalue weighted by atomic mass is 10.0. The van der Waals surface area contributed by atoms with Gasteiger partial charge in [-0.25, -0.2) is 4.79 Å². The lowest BCUT2D eigenvalue weighted by Gasteiger charge is -2.15. The number of nitrogens with one attached hydrogen (secondary N) is 3. The molecule has 4 aromatic rings. The first-order valence-corrected chi connectivity index (χ1v) is 11.8. The Labute approximate surface area is 217 Å². The molecule has 9 N–H and O–H groups in total. The second kappa shape index (κ2) is 11.3. The van der Waals surface area contributed by atoms with Gasteiger partial charge in [-0.3, -0.25) is 9.59 Å². The number of aromatic amines is 1. The molecule has 0 radical (unpaired) electrons. The van der Waals surface area contributed by atoms with Crippen molar-refractivity contribution in [3.05, 3.63) is 71.4 Å². The van der Waals surface area contributed by atoms with Crippen LogP contribution in [-0.4, -0.2) is 49.0 Å². The number of hydrogen-bond acceptors (Lipinski definition) is 8. The number of nitrogens with two attached hydrogens (primary N) is 2. The zero-order chi connectivity index (χ0) is 27.2. The van der Waals surface area contributed by atoms with Gasteiger partial charge >= 0.3 is 5.97 Å². The van der Waals surface area contributed by atoms with Crippen LogP contribution >= 0.6 is 0 Å². The van der Waals surface area contributed by atoms with Crippen molar-refractivity contribution in [2.24, 2.45) is 0 Å². The molecule has 1 atom stereocenters. The molecule has 4 rings (SSSR count). The van der Waals surface area contributed by atoms with E-state index in [2.05, 4.69) is 25.6 Å². The molecular formula is C26H27N7O5. The van der Waals surface area contributed by atoms with Gasteiger partial charge in [0, 0.05) is 23.9 Å². The first-order valence-electron chi connectivity index (χ1n) is 11.8. The summed E-state index contributed by atoms with van der Waals surface area (Å²) in [6.45, 7) is 0. The van der Waals surface area contributed by atoms with E-state index in [1.807, 2.05) is 6.20 Å². The molecule has 0 bridgehead atoms. The summed E-state index contributed by atoms with van der Waals surface area (Å²) in [5.74, 6) is -1.74. The van der Waals surface area contributed by atoms with E-state index in [4.69, 9.17) is 11.5 Å². The summed E-state index contributed by atoms with van der Waals surface area (Å²) in [5, 5.41) is 24.6. The Morgan fingerprint density at radius 2 is 1.68 bits per heavy atom. The zero-order valence-electron chi connectivity index (χ0n) is 20.3. The van der Waals surface area contributed by atoms with Gasteiger partial charge < -0.3 is 37.3 Å². The first kappa shape index (κ1) is 25.9. The van der Waals surface area contributed by atoms with Crippen LogP contribution in [0.15, 0.2) is 54.7 Å². The molecule has 2 heterocycles. The van der Waals surface area contributed by atoms with Crippen LogP contribution in [0.5, 0.6) is 5.75 Å².